The van der Waals surface area contributed by atoms with E-state index >= 15 is 0 Å². The summed E-state index contributed by atoms with van der Waals surface area (Å²) in [7, 11) is 0. The van der Waals surface area contributed by atoms with E-state index in [9.17, 15) is 19.2 Å². The maximum Gasteiger partial charge on any atom is 0.337 e. The van der Waals surface area contributed by atoms with Gasteiger partial charge >= 0.3 is 23.9 Å². The van der Waals surface area contributed by atoms with Gasteiger partial charge in [0.1, 0.15) is 0 Å². The first kappa shape index (κ1) is 27.4. The molecule has 0 aliphatic rings. The molecule has 0 spiro atoms. The molecular formula is C22H34O8. The van der Waals surface area contributed by atoms with Crippen molar-refractivity contribution in [3.63, 3.8) is 0 Å². The SMILES string of the molecule is CCCCCCCCCCCCCC=CC=C(C(=O)O)C(C(=O)O)(C(=O)O)C(=O)O. The summed E-state index contributed by atoms with van der Waals surface area (Å²) >= 11 is 0. The fourth-order valence-electron chi connectivity index (χ4n) is 3.16. The predicted octanol–water partition coefficient (Wildman–Crippen LogP) is 4.49. The Morgan fingerprint density at radius 2 is 1.07 bits per heavy atom. The van der Waals surface area contributed by atoms with E-state index in [1.165, 1.54) is 57.4 Å². The Morgan fingerprint density at radius 3 is 1.43 bits per heavy atom. The van der Waals surface area contributed by atoms with Gasteiger partial charge in [0.05, 0.1) is 5.57 Å². The van der Waals surface area contributed by atoms with Gasteiger partial charge in [-0.2, -0.15) is 0 Å². The van der Waals surface area contributed by atoms with Gasteiger partial charge in [-0.25, -0.2) is 19.2 Å². The minimum absolute atomic E-state index is 0.598. The Hall–Kier alpha value is -2.64. The highest BCUT2D eigenvalue weighted by Gasteiger charge is 2.60. The second-order valence-electron chi connectivity index (χ2n) is 7.30. The van der Waals surface area contributed by atoms with Crippen molar-refractivity contribution < 1.29 is 39.6 Å². The number of aliphatic carboxylic acids is 4. The number of rotatable bonds is 18. The maximum atomic E-state index is 11.3. The molecule has 4 N–H and O–H groups in total. The highest BCUT2D eigenvalue weighted by atomic mass is 16.4. The smallest absolute Gasteiger partial charge is 0.337 e. The van der Waals surface area contributed by atoms with Gasteiger partial charge in [-0.3, -0.25) is 0 Å². The molecule has 30 heavy (non-hydrogen) atoms. The molecular weight excluding hydrogens is 392 g/mol. The lowest BCUT2D eigenvalue weighted by molar-refractivity contribution is -0.174. The average molecular weight is 427 g/mol. The van der Waals surface area contributed by atoms with Crippen LogP contribution in [0.3, 0.4) is 0 Å². The molecule has 0 atom stereocenters. The monoisotopic (exact) mass is 426 g/mol. The molecule has 0 aliphatic heterocycles. The molecule has 0 aromatic rings. The molecule has 0 amide bonds. The number of carbonyl (C=O) groups is 4. The molecule has 0 aromatic heterocycles. The number of allylic oxidation sites excluding steroid dienone is 3. The zero-order valence-corrected chi connectivity index (χ0v) is 17.6. The van der Waals surface area contributed by atoms with Crippen LogP contribution in [-0.4, -0.2) is 44.3 Å². The number of hydrogen-bond acceptors (Lipinski definition) is 4. The molecule has 0 aromatic carbocycles. The third-order valence-corrected chi connectivity index (χ3v) is 4.97. The molecule has 0 aliphatic carbocycles. The summed E-state index contributed by atoms with van der Waals surface area (Å²) in [6.45, 7) is 2.20. The van der Waals surface area contributed by atoms with Gasteiger partial charge in [-0.1, -0.05) is 83.3 Å². The molecule has 8 nitrogen and oxygen atoms in total. The third kappa shape index (κ3) is 8.80. The molecule has 0 rings (SSSR count). The third-order valence-electron chi connectivity index (χ3n) is 4.97. The summed E-state index contributed by atoms with van der Waals surface area (Å²) in [6.07, 6.45) is 17.1. The van der Waals surface area contributed by atoms with Crippen LogP contribution in [0.4, 0.5) is 0 Å². The highest BCUT2D eigenvalue weighted by molar-refractivity contribution is 6.24. The van der Waals surface area contributed by atoms with Crippen molar-refractivity contribution in [2.75, 3.05) is 0 Å². The Bertz CT molecular complexity index is 597. The van der Waals surface area contributed by atoms with Gasteiger partial charge in [0, 0.05) is 0 Å². The van der Waals surface area contributed by atoms with Crippen LogP contribution >= 0.6 is 0 Å². The second kappa shape index (κ2) is 15.2. The van der Waals surface area contributed by atoms with Crippen LogP contribution < -0.4 is 0 Å². The fourth-order valence-corrected chi connectivity index (χ4v) is 3.16. The minimum atomic E-state index is -3.56. The van der Waals surface area contributed by atoms with Crippen LogP contribution in [0.15, 0.2) is 23.8 Å². The van der Waals surface area contributed by atoms with Gasteiger partial charge in [0.25, 0.3) is 5.41 Å². The quantitative estimate of drug-likeness (QED) is 0.108. The first-order valence-electron chi connectivity index (χ1n) is 10.5. The molecule has 0 saturated heterocycles. The number of unbranched alkanes of at least 4 members (excludes halogenated alkanes) is 11. The summed E-state index contributed by atoms with van der Waals surface area (Å²) in [5.41, 5.74) is -4.79. The van der Waals surface area contributed by atoms with Crippen molar-refractivity contribution in [1.82, 2.24) is 0 Å². The van der Waals surface area contributed by atoms with Crippen LogP contribution in [0.2, 0.25) is 0 Å². The van der Waals surface area contributed by atoms with Gasteiger partial charge in [0.2, 0.25) is 0 Å². The van der Waals surface area contributed by atoms with Crippen LogP contribution in [0.5, 0.6) is 0 Å². The zero-order valence-electron chi connectivity index (χ0n) is 17.6. The van der Waals surface area contributed by atoms with Crippen molar-refractivity contribution in [2.45, 2.75) is 84.0 Å². The van der Waals surface area contributed by atoms with Crippen molar-refractivity contribution in [1.29, 1.82) is 0 Å². The van der Waals surface area contributed by atoms with E-state index in [0.717, 1.165) is 25.3 Å². The summed E-state index contributed by atoms with van der Waals surface area (Å²) in [5.74, 6) is -8.72. The Morgan fingerprint density at radius 1 is 0.667 bits per heavy atom. The van der Waals surface area contributed by atoms with Crippen LogP contribution in [0.1, 0.15) is 84.0 Å². The van der Waals surface area contributed by atoms with Gasteiger partial charge in [-0.15, -0.1) is 0 Å². The van der Waals surface area contributed by atoms with Crippen molar-refractivity contribution in [3.05, 3.63) is 23.8 Å². The van der Waals surface area contributed by atoms with E-state index < -0.39 is 34.9 Å². The Labute approximate surface area is 177 Å². The summed E-state index contributed by atoms with van der Waals surface area (Å²) in [4.78, 5) is 45.3. The zero-order chi connectivity index (χ0) is 23.0. The van der Waals surface area contributed by atoms with Crippen molar-refractivity contribution in [2.24, 2.45) is 5.41 Å². The lowest BCUT2D eigenvalue weighted by atomic mass is 9.79. The van der Waals surface area contributed by atoms with E-state index in [0.29, 0.717) is 6.42 Å². The molecule has 170 valence electrons. The number of carboxylic acid groups (broad SMARTS) is 4. The highest BCUT2D eigenvalue weighted by Crippen LogP contribution is 2.30. The topological polar surface area (TPSA) is 149 Å². The molecule has 0 saturated carbocycles. The first-order chi connectivity index (χ1) is 14.2. The predicted molar refractivity (Wildman–Crippen MR) is 111 cm³/mol. The van der Waals surface area contributed by atoms with E-state index in [1.54, 1.807) is 6.08 Å². The average Bonchev–Trinajstić information content (AvgIpc) is 2.66. The summed E-state index contributed by atoms with van der Waals surface area (Å²) in [6, 6.07) is 0. The van der Waals surface area contributed by atoms with Crippen molar-refractivity contribution >= 4 is 23.9 Å². The number of carboxylic acids is 4. The largest absolute Gasteiger partial charge is 0.480 e. The van der Waals surface area contributed by atoms with E-state index in [1.807, 2.05) is 0 Å². The van der Waals surface area contributed by atoms with E-state index in [-0.39, 0.29) is 0 Å². The minimum Gasteiger partial charge on any atom is -0.480 e. The van der Waals surface area contributed by atoms with Crippen LogP contribution in [-0.2, 0) is 19.2 Å². The van der Waals surface area contributed by atoms with E-state index in [2.05, 4.69) is 6.92 Å². The molecule has 0 bridgehead atoms. The fraction of sp³-hybridized carbons (Fsp3) is 0.636. The van der Waals surface area contributed by atoms with Crippen molar-refractivity contribution in [3.8, 4) is 0 Å². The maximum absolute atomic E-state index is 11.3. The molecule has 0 heterocycles. The summed E-state index contributed by atoms with van der Waals surface area (Å²) in [5, 5.41) is 36.5. The second-order valence-corrected chi connectivity index (χ2v) is 7.30. The number of hydrogen-bond donors (Lipinski definition) is 4. The molecule has 0 fully saturated rings. The lowest BCUT2D eigenvalue weighted by Crippen LogP contribution is -2.49. The van der Waals surface area contributed by atoms with Crippen LogP contribution in [0, 0.1) is 5.41 Å². The summed E-state index contributed by atoms with van der Waals surface area (Å²) < 4.78 is 0. The molecule has 0 radical (unpaired) electrons. The first-order valence-corrected chi connectivity index (χ1v) is 10.5. The Balaban J connectivity index is 4.48. The lowest BCUT2D eigenvalue weighted by Gasteiger charge is -2.20. The molecule has 8 heteroatoms. The van der Waals surface area contributed by atoms with E-state index in [4.69, 9.17) is 20.4 Å². The van der Waals surface area contributed by atoms with Gasteiger partial charge in [-0.05, 0) is 18.9 Å². The van der Waals surface area contributed by atoms with Crippen LogP contribution in [0.25, 0.3) is 0 Å². The molecule has 0 unspecified atom stereocenters. The van der Waals surface area contributed by atoms with Gasteiger partial charge < -0.3 is 20.4 Å². The standard InChI is InChI=1S/C22H34O8/c1-2-3-4-5-6-7-8-9-10-11-12-13-14-15-16-17(18(23)24)22(19(25)26,20(27)28)21(29)30/h14-16H,2-13H2,1H3,(H,23,24)(H,25,26)(H,27,28)(H,29,30). The Kier molecular flexibility index (Phi) is 13.9. The van der Waals surface area contributed by atoms with Gasteiger partial charge in [0.15, 0.2) is 0 Å². The normalized spacial score (nSPS) is 12.2.